The molecule has 0 aliphatic rings. The fourth-order valence-corrected chi connectivity index (χ4v) is 1.99. The molecular formula is C16H17NO3. The van der Waals surface area contributed by atoms with Gasteiger partial charge >= 0.3 is 0 Å². The van der Waals surface area contributed by atoms with Crippen molar-refractivity contribution in [3.05, 3.63) is 35.6 Å². The largest absolute Gasteiger partial charge is 0.463 e. The van der Waals surface area contributed by atoms with E-state index in [1.54, 1.807) is 0 Å². The summed E-state index contributed by atoms with van der Waals surface area (Å²) < 4.78 is 5.37. The first-order valence-electron chi connectivity index (χ1n) is 6.55. The van der Waals surface area contributed by atoms with Crippen LogP contribution in [0.5, 0.6) is 0 Å². The number of aliphatic hydroxyl groups is 1. The van der Waals surface area contributed by atoms with Crippen molar-refractivity contribution in [3.8, 4) is 12.3 Å². The number of rotatable bonds is 5. The van der Waals surface area contributed by atoms with Crippen molar-refractivity contribution >= 4 is 16.9 Å². The molecule has 104 valence electrons. The van der Waals surface area contributed by atoms with E-state index in [1.165, 1.54) is 6.26 Å². The summed E-state index contributed by atoms with van der Waals surface area (Å²) in [4.78, 5) is 12.1. The van der Waals surface area contributed by atoms with Crippen LogP contribution >= 0.6 is 0 Å². The van der Waals surface area contributed by atoms with Crippen LogP contribution in [0, 0.1) is 12.3 Å². The molecule has 4 heteroatoms. The van der Waals surface area contributed by atoms with Crippen LogP contribution in [0.4, 0.5) is 0 Å². The maximum absolute atomic E-state index is 12.1. The second-order valence-electron chi connectivity index (χ2n) is 4.61. The molecule has 0 bridgehead atoms. The van der Waals surface area contributed by atoms with E-state index in [0.717, 1.165) is 17.4 Å². The third-order valence-corrected chi connectivity index (χ3v) is 3.14. The summed E-state index contributed by atoms with van der Waals surface area (Å²) in [7, 11) is 0. The highest BCUT2D eigenvalue weighted by atomic mass is 16.3. The smallest absolute Gasteiger partial charge is 0.255 e. The Kier molecular flexibility index (Phi) is 4.44. The SMILES string of the molecule is C#CC[C@H](O)CNC(=O)c1coc2ccc(CC)cc12. The zero-order valence-electron chi connectivity index (χ0n) is 11.3. The lowest BCUT2D eigenvalue weighted by molar-refractivity contribution is 0.0919. The van der Waals surface area contributed by atoms with Gasteiger partial charge in [-0.2, -0.15) is 0 Å². The Morgan fingerprint density at radius 3 is 3.05 bits per heavy atom. The Morgan fingerprint density at radius 1 is 1.55 bits per heavy atom. The Bertz CT molecular complexity index is 651. The summed E-state index contributed by atoms with van der Waals surface area (Å²) in [6, 6.07) is 5.79. The molecule has 0 unspecified atom stereocenters. The summed E-state index contributed by atoms with van der Waals surface area (Å²) in [5, 5.41) is 13.0. The van der Waals surface area contributed by atoms with Crippen molar-refractivity contribution in [2.24, 2.45) is 0 Å². The molecule has 0 spiro atoms. The molecule has 0 aliphatic heterocycles. The highest BCUT2D eigenvalue weighted by Crippen LogP contribution is 2.22. The zero-order chi connectivity index (χ0) is 14.5. The minimum atomic E-state index is -0.728. The number of furan rings is 1. The van der Waals surface area contributed by atoms with Gasteiger partial charge in [-0.3, -0.25) is 4.79 Å². The van der Waals surface area contributed by atoms with Crippen LogP contribution in [0.15, 0.2) is 28.9 Å². The molecule has 0 fully saturated rings. The van der Waals surface area contributed by atoms with Gasteiger partial charge in [0.05, 0.1) is 11.7 Å². The number of hydrogen-bond donors (Lipinski definition) is 2. The van der Waals surface area contributed by atoms with Crippen LogP contribution in [0.2, 0.25) is 0 Å². The molecule has 1 aromatic carbocycles. The predicted molar refractivity (Wildman–Crippen MR) is 77.4 cm³/mol. The molecule has 1 aromatic heterocycles. The second kappa shape index (κ2) is 6.27. The van der Waals surface area contributed by atoms with E-state index in [9.17, 15) is 9.90 Å². The summed E-state index contributed by atoms with van der Waals surface area (Å²) in [6.07, 6.45) is 6.91. The molecule has 2 aromatic rings. The average molecular weight is 271 g/mol. The first-order chi connectivity index (χ1) is 9.65. The number of aliphatic hydroxyl groups excluding tert-OH is 1. The van der Waals surface area contributed by atoms with Crippen molar-refractivity contribution < 1.29 is 14.3 Å². The molecule has 0 radical (unpaired) electrons. The third-order valence-electron chi connectivity index (χ3n) is 3.14. The topological polar surface area (TPSA) is 62.5 Å². The minimum absolute atomic E-state index is 0.128. The molecule has 2 rings (SSSR count). The van der Waals surface area contributed by atoms with Crippen molar-refractivity contribution in [2.75, 3.05) is 6.54 Å². The van der Waals surface area contributed by atoms with Gasteiger partial charge < -0.3 is 14.8 Å². The van der Waals surface area contributed by atoms with E-state index < -0.39 is 6.10 Å². The number of amides is 1. The van der Waals surface area contributed by atoms with Gasteiger partial charge in [0, 0.05) is 18.4 Å². The van der Waals surface area contributed by atoms with E-state index in [-0.39, 0.29) is 18.9 Å². The van der Waals surface area contributed by atoms with Crippen molar-refractivity contribution in [3.63, 3.8) is 0 Å². The number of carbonyl (C=O) groups excluding carboxylic acids is 1. The zero-order valence-corrected chi connectivity index (χ0v) is 11.3. The second-order valence-corrected chi connectivity index (χ2v) is 4.61. The van der Waals surface area contributed by atoms with Gasteiger partial charge in [0.1, 0.15) is 11.8 Å². The van der Waals surface area contributed by atoms with Crippen LogP contribution in [-0.2, 0) is 6.42 Å². The minimum Gasteiger partial charge on any atom is -0.463 e. The van der Waals surface area contributed by atoms with Crippen molar-refractivity contribution in [1.82, 2.24) is 5.32 Å². The first-order valence-corrected chi connectivity index (χ1v) is 6.55. The lowest BCUT2D eigenvalue weighted by Crippen LogP contribution is -2.31. The number of hydrogen-bond acceptors (Lipinski definition) is 3. The molecule has 2 N–H and O–H groups in total. The Balaban J connectivity index is 2.16. The van der Waals surface area contributed by atoms with Crippen LogP contribution in [0.3, 0.4) is 0 Å². The number of fused-ring (bicyclic) bond motifs is 1. The lowest BCUT2D eigenvalue weighted by Gasteiger charge is -2.08. The summed E-state index contributed by atoms with van der Waals surface area (Å²) >= 11 is 0. The average Bonchev–Trinajstić information content (AvgIpc) is 2.88. The number of carbonyl (C=O) groups is 1. The van der Waals surface area contributed by atoms with E-state index in [2.05, 4.69) is 18.2 Å². The van der Waals surface area contributed by atoms with Crippen LogP contribution in [-0.4, -0.2) is 23.7 Å². The van der Waals surface area contributed by atoms with E-state index >= 15 is 0 Å². The Morgan fingerprint density at radius 2 is 2.35 bits per heavy atom. The molecule has 1 amide bonds. The van der Waals surface area contributed by atoms with Gasteiger partial charge in [-0.25, -0.2) is 0 Å². The standard InChI is InChI=1S/C16H17NO3/c1-3-5-12(18)9-17-16(19)14-10-20-15-7-6-11(4-2)8-13(14)15/h1,6-8,10,12,18H,4-5,9H2,2H3,(H,17,19)/t12-/m0/s1. The Hall–Kier alpha value is -2.25. The van der Waals surface area contributed by atoms with Gasteiger partial charge in [0.15, 0.2) is 0 Å². The van der Waals surface area contributed by atoms with Gasteiger partial charge in [-0.1, -0.05) is 13.0 Å². The molecule has 1 heterocycles. The molecule has 0 aliphatic carbocycles. The summed E-state index contributed by atoms with van der Waals surface area (Å²) in [5.74, 6) is 2.08. The normalized spacial score (nSPS) is 12.1. The van der Waals surface area contributed by atoms with Crippen LogP contribution in [0.25, 0.3) is 11.0 Å². The highest BCUT2D eigenvalue weighted by molar-refractivity contribution is 6.06. The maximum Gasteiger partial charge on any atom is 0.255 e. The van der Waals surface area contributed by atoms with Gasteiger partial charge in [-0.15, -0.1) is 12.3 Å². The van der Waals surface area contributed by atoms with Crippen LogP contribution < -0.4 is 5.32 Å². The molecule has 1 atom stereocenters. The van der Waals surface area contributed by atoms with E-state index in [1.807, 2.05) is 18.2 Å². The van der Waals surface area contributed by atoms with Gasteiger partial charge in [0.25, 0.3) is 5.91 Å². The fraction of sp³-hybridized carbons (Fsp3) is 0.312. The fourth-order valence-electron chi connectivity index (χ4n) is 1.99. The monoisotopic (exact) mass is 271 g/mol. The first kappa shape index (κ1) is 14.2. The predicted octanol–water partition coefficient (Wildman–Crippen LogP) is 2.11. The molecule has 0 saturated heterocycles. The lowest BCUT2D eigenvalue weighted by atomic mass is 10.1. The Labute approximate surface area is 117 Å². The maximum atomic E-state index is 12.1. The summed E-state index contributed by atoms with van der Waals surface area (Å²) in [6.45, 7) is 2.18. The van der Waals surface area contributed by atoms with Crippen molar-refractivity contribution in [2.45, 2.75) is 25.9 Å². The third kappa shape index (κ3) is 3.01. The number of aryl methyl sites for hydroxylation is 1. The molecule has 20 heavy (non-hydrogen) atoms. The quantitative estimate of drug-likeness (QED) is 0.819. The van der Waals surface area contributed by atoms with E-state index in [4.69, 9.17) is 10.8 Å². The highest BCUT2D eigenvalue weighted by Gasteiger charge is 2.14. The summed E-state index contributed by atoms with van der Waals surface area (Å²) in [5.41, 5.74) is 2.29. The molecule has 4 nitrogen and oxygen atoms in total. The van der Waals surface area contributed by atoms with Crippen molar-refractivity contribution in [1.29, 1.82) is 0 Å². The van der Waals surface area contributed by atoms with Crippen LogP contribution in [0.1, 0.15) is 29.3 Å². The molecular weight excluding hydrogens is 254 g/mol. The number of benzene rings is 1. The van der Waals surface area contributed by atoms with Gasteiger partial charge in [-0.05, 0) is 24.1 Å². The molecule has 0 saturated carbocycles. The van der Waals surface area contributed by atoms with Gasteiger partial charge in [0.2, 0.25) is 0 Å². The number of terminal acetylenes is 1. The van der Waals surface area contributed by atoms with E-state index in [0.29, 0.717) is 11.1 Å². The number of nitrogens with one attached hydrogen (secondary N) is 1.